The normalized spacial score (nSPS) is 17.3. The molecule has 0 unspecified atom stereocenters. The summed E-state index contributed by atoms with van der Waals surface area (Å²) >= 11 is 1.35. The number of piperidine rings is 1. The van der Waals surface area contributed by atoms with Crippen LogP contribution in [0.25, 0.3) is 11.3 Å². The number of nitrogens with one attached hydrogen (secondary N) is 1. The van der Waals surface area contributed by atoms with E-state index in [2.05, 4.69) is 38.7 Å². The molecular formula is C23H23N5O3S2. The van der Waals surface area contributed by atoms with E-state index in [4.69, 9.17) is 0 Å². The fraction of sp³-hybridized carbons (Fsp3) is 0.304. The fourth-order valence-corrected chi connectivity index (χ4v) is 6.07. The summed E-state index contributed by atoms with van der Waals surface area (Å²) < 4.78 is 27.3. The lowest BCUT2D eigenvalue weighted by Crippen LogP contribution is -2.41. The number of nitrogens with zero attached hydrogens (tertiary/aromatic N) is 4. The zero-order valence-corrected chi connectivity index (χ0v) is 19.9. The second kappa shape index (κ2) is 8.12. The minimum atomic E-state index is -3.61. The third kappa shape index (κ3) is 4.33. The van der Waals surface area contributed by atoms with Crippen molar-refractivity contribution < 1.29 is 13.2 Å². The lowest BCUT2D eigenvalue weighted by molar-refractivity contribution is 0.102. The number of rotatable bonds is 5. The number of carbonyl (C=O) groups excluding carboxylic acids is 1. The predicted octanol–water partition coefficient (Wildman–Crippen LogP) is 4.63. The van der Waals surface area contributed by atoms with Crippen molar-refractivity contribution in [2.45, 2.75) is 37.2 Å². The van der Waals surface area contributed by atoms with E-state index < -0.39 is 10.0 Å². The summed E-state index contributed by atoms with van der Waals surface area (Å²) in [6.45, 7) is 4.84. The van der Waals surface area contributed by atoms with E-state index in [9.17, 15) is 13.2 Å². The number of hydrogen-bond donors (Lipinski definition) is 1. The van der Waals surface area contributed by atoms with Crippen LogP contribution in [0.2, 0.25) is 0 Å². The van der Waals surface area contributed by atoms with Crippen LogP contribution in [0.5, 0.6) is 0 Å². The molecule has 0 aliphatic carbocycles. The van der Waals surface area contributed by atoms with Gasteiger partial charge in [-0.15, -0.1) is 11.3 Å². The van der Waals surface area contributed by atoms with Gasteiger partial charge in [-0.1, -0.05) is 17.7 Å². The molecule has 3 heterocycles. The highest BCUT2D eigenvalue weighted by atomic mass is 32.2. The molecule has 2 aromatic carbocycles. The van der Waals surface area contributed by atoms with Crippen molar-refractivity contribution in [1.29, 1.82) is 0 Å². The predicted molar refractivity (Wildman–Crippen MR) is 127 cm³/mol. The van der Waals surface area contributed by atoms with Gasteiger partial charge in [-0.05, 0) is 49.7 Å². The summed E-state index contributed by atoms with van der Waals surface area (Å²) in [7, 11) is -3.61. The molecule has 1 aromatic heterocycles. The van der Waals surface area contributed by atoms with Crippen molar-refractivity contribution in [1.82, 2.24) is 9.29 Å². The molecule has 33 heavy (non-hydrogen) atoms. The molecule has 2 aliphatic rings. The van der Waals surface area contributed by atoms with E-state index in [1.54, 1.807) is 0 Å². The molecule has 3 aromatic rings. The Morgan fingerprint density at radius 1 is 1.06 bits per heavy atom. The number of amides is 1. The first-order valence-corrected chi connectivity index (χ1v) is 13.0. The van der Waals surface area contributed by atoms with E-state index in [0.717, 1.165) is 22.4 Å². The second-order valence-electron chi connectivity index (χ2n) is 8.42. The molecule has 0 bridgehead atoms. The molecule has 10 heteroatoms. The number of aromatic nitrogens is 1. The minimum Gasteiger partial charge on any atom is -0.298 e. The van der Waals surface area contributed by atoms with Gasteiger partial charge in [-0.3, -0.25) is 10.1 Å². The van der Waals surface area contributed by atoms with Crippen molar-refractivity contribution in [3.8, 4) is 11.3 Å². The Balaban J connectivity index is 1.26. The third-order valence-corrected chi connectivity index (χ3v) is 8.72. The molecule has 2 aliphatic heterocycles. The number of sulfonamides is 1. The van der Waals surface area contributed by atoms with Gasteiger partial charge >= 0.3 is 0 Å². The smallest absolute Gasteiger partial charge is 0.257 e. The SMILES string of the molecule is Cc1ccc(C)c(-c2csc(NC(=O)c3ccc(S(=O)(=O)N4CCC5(CC4)N=N5)cc3)n2)c1. The van der Waals surface area contributed by atoms with Gasteiger partial charge in [-0.2, -0.15) is 14.5 Å². The Morgan fingerprint density at radius 3 is 2.42 bits per heavy atom. The van der Waals surface area contributed by atoms with Crippen LogP contribution in [-0.2, 0) is 10.0 Å². The van der Waals surface area contributed by atoms with Gasteiger partial charge in [0.1, 0.15) is 0 Å². The molecule has 5 rings (SSSR count). The third-order valence-electron chi connectivity index (χ3n) is 6.05. The topological polar surface area (TPSA) is 104 Å². The Hall–Kier alpha value is -2.95. The summed E-state index contributed by atoms with van der Waals surface area (Å²) in [5, 5.41) is 13.3. The van der Waals surface area contributed by atoms with Crippen LogP contribution in [0.1, 0.15) is 34.3 Å². The average Bonchev–Trinajstić information content (AvgIpc) is 3.39. The zero-order valence-electron chi connectivity index (χ0n) is 18.3. The van der Waals surface area contributed by atoms with Gasteiger partial charge in [0, 0.05) is 42.4 Å². The van der Waals surface area contributed by atoms with Gasteiger partial charge in [0.05, 0.1) is 10.6 Å². The molecule has 1 fully saturated rings. The number of aryl methyl sites for hydroxylation is 2. The molecule has 1 amide bonds. The number of anilines is 1. The van der Waals surface area contributed by atoms with E-state index in [0.29, 0.717) is 36.6 Å². The summed E-state index contributed by atoms with van der Waals surface area (Å²) in [5.41, 5.74) is 4.14. The van der Waals surface area contributed by atoms with Crippen molar-refractivity contribution in [3.05, 3.63) is 64.5 Å². The van der Waals surface area contributed by atoms with Crippen LogP contribution >= 0.6 is 11.3 Å². The van der Waals surface area contributed by atoms with Crippen LogP contribution < -0.4 is 5.32 Å². The van der Waals surface area contributed by atoms with E-state index in [1.165, 1.54) is 39.9 Å². The zero-order chi connectivity index (χ0) is 23.2. The lowest BCUT2D eigenvalue weighted by atomic mass is 10.0. The van der Waals surface area contributed by atoms with Gasteiger partial charge in [-0.25, -0.2) is 13.4 Å². The molecular weight excluding hydrogens is 458 g/mol. The standard InChI is InChI=1S/C23H23N5O3S2/c1-15-3-4-16(2)19(13-15)20-14-32-22(24-20)25-21(29)17-5-7-18(8-6-17)33(30,31)28-11-9-23(10-12-28)26-27-23/h3-8,13-14H,9-12H2,1-2H3,(H,24,25,29). The molecule has 170 valence electrons. The molecule has 0 radical (unpaired) electrons. The van der Waals surface area contributed by atoms with Crippen molar-refractivity contribution in [2.75, 3.05) is 18.4 Å². The van der Waals surface area contributed by atoms with Gasteiger partial charge < -0.3 is 0 Å². The molecule has 0 atom stereocenters. The average molecular weight is 482 g/mol. The molecule has 8 nitrogen and oxygen atoms in total. The first-order chi connectivity index (χ1) is 15.8. The van der Waals surface area contributed by atoms with Crippen molar-refractivity contribution >= 4 is 32.4 Å². The highest BCUT2D eigenvalue weighted by Crippen LogP contribution is 2.39. The first-order valence-electron chi connectivity index (χ1n) is 10.6. The summed E-state index contributed by atoms with van der Waals surface area (Å²) in [5.74, 6) is -0.335. The molecule has 1 saturated heterocycles. The molecule has 0 saturated carbocycles. The number of thiazole rings is 1. The number of benzene rings is 2. The van der Waals surface area contributed by atoms with Crippen LogP contribution in [-0.4, -0.2) is 42.4 Å². The number of hydrogen-bond acceptors (Lipinski definition) is 7. The van der Waals surface area contributed by atoms with Crippen LogP contribution in [0.3, 0.4) is 0 Å². The highest BCUT2D eigenvalue weighted by molar-refractivity contribution is 7.89. The summed E-state index contributed by atoms with van der Waals surface area (Å²) in [6.07, 6.45) is 1.23. The Morgan fingerprint density at radius 2 is 1.76 bits per heavy atom. The maximum absolute atomic E-state index is 12.9. The Kier molecular flexibility index (Phi) is 5.38. The van der Waals surface area contributed by atoms with E-state index >= 15 is 0 Å². The van der Waals surface area contributed by atoms with Gasteiger partial charge in [0.2, 0.25) is 10.0 Å². The molecule has 1 N–H and O–H groups in total. The Labute approximate surface area is 196 Å². The van der Waals surface area contributed by atoms with Crippen LogP contribution in [0.15, 0.2) is 63.0 Å². The molecule has 1 spiro atoms. The Bertz CT molecular complexity index is 1350. The van der Waals surface area contributed by atoms with Crippen LogP contribution in [0, 0.1) is 13.8 Å². The van der Waals surface area contributed by atoms with E-state index in [-0.39, 0.29) is 16.5 Å². The lowest BCUT2D eigenvalue weighted by Gasteiger charge is -2.28. The maximum Gasteiger partial charge on any atom is 0.257 e. The highest BCUT2D eigenvalue weighted by Gasteiger charge is 2.45. The van der Waals surface area contributed by atoms with Gasteiger partial charge in [0.15, 0.2) is 10.8 Å². The first kappa shape index (κ1) is 21.9. The summed E-state index contributed by atoms with van der Waals surface area (Å²) in [4.78, 5) is 17.4. The van der Waals surface area contributed by atoms with Crippen molar-refractivity contribution in [2.24, 2.45) is 10.2 Å². The minimum absolute atomic E-state index is 0.172. The van der Waals surface area contributed by atoms with E-state index in [1.807, 2.05) is 19.2 Å². The monoisotopic (exact) mass is 481 g/mol. The maximum atomic E-state index is 12.9. The van der Waals surface area contributed by atoms with Gasteiger partial charge in [0.25, 0.3) is 5.91 Å². The quantitative estimate of drug-likeness (QED) is 0.574. The number of carbonyl (C=O) groups is 1. The van der Waals surface area contributed by atoms with Crippen molar-refractivity contribution in [3.63, 3.8) is 0 Å². The summed E-state index contributed by atoms with van der Waals surface area (Å²) in [6, 6.07) is 12.2. The van der Waals surface area contributed by atoms with Crippen LogP contribution in [0.4, 0.5) is 5.13 Å². The second-order valence-corrected chi connectivity index (χ2v) is 11.2. The fourth-order valence-electron chi connectivity index (χ4n) is 3.92. The largest absolute Gasteiger partial charge is 0.298 e.